The van der Waals surface area contributed by atoms with Crippen molar-refractivity contribution in [3.63, 3.8) is 0 Å². The lowest BCUT2D eigenvalue weighted by molar-refractivity contribution is 0.171. The predicted octanol–water partition coefficient (Wildman–Crippen LogP) is 3.61. The molecule has 108 valence electrons. The average Bonchev–Trinajstić information content (AvgIpc) is 2.86. The van der Waals surface area contributed by atoms with Crippen molar-refractivity contribution in [2.45, 2.75) is 13.0 Å². The van der Waals surface area contributed by atoms with E-state index in [9.17, 15) is 0 Å². The van der Waals surface area contributed by atoms with Crippen molar-refractivity contribution in [3.8, 4) is 17.6 Å². The Bertz CT molecular complexity index is 711. The Labute approximate surface area is 131 Å². The molecule has 0 saturated heterocycles. The van der Waals surface area contributed by atoms with Crippen LogP contribution >= 0.6 is 22.9 Å². The van der Waals surface area contributed by atoms with Crippen LogP contribution in [-0.2, 0) is 0 Å². The number of nitrogens with one attached hydrogen (secondary N) is 1. The molecule has 0 saturated carbocycles. The van der Waals surface area contributed by atoms with Crippen LogP contribution in [0.2, 0.25) is 4.34 Å². The number of nitrogens with zero attached hydrogens (tertiary/aromatic N) is 2. The van der Waals surface area contributed by atoms with Crippen LogP contribution in [0.15, 0.2) is 18.2 Å². The number of aromatic nitrogens is 1. The van der Waals surface area contributed by atoms with E-state index in [2.05, 4.69) is 10.3 Å². The van der Waals surface area contributed by atoms with Gasteiger partial charge in [0.15, 0.2) is 22.3 Å². The second-order valence-electron chi connectivity index (χ2n) is 4.52. The van der Waals surface area contributed by atoms with Gasteiger partial charge in [0.05, 0.1) is 6.04 Å². The number of halogens is 1. The molecule has 21 heavy (non-hydrogen) atoms. The second-order valence-corrected chi connectivity index (χ2v) is 6.12. The fraction of sp³-hybridized carbons (Fsp3) is 0.286. The monoisotopic (exact) mass is 321 g/mol. The van der Waals surface area contributed by atoms with Gasteiger partial charge in [-0.1, -0.05) is 29.0 Å². The van der Waals surface area contributed by atoms with E-state index in [4.69, 9.17) is 26.3 Å². The Morgan fingerprint density at radius 1 is 1.38 bits per heavy atom. The van der Waals surface area contributed by atoms with Crippen LogP contribution in [0.1, 0.15) is 24.2 Å². The Balaban J connectivity index is 1.78. The van der Waals surface area contributed by atoms with E-state index in [0.717, 1.165) is 17.1 Å². The molecule has 1 aliphatic heterocycles. The lowest BCUT2D eigenvalue weighted by Crippen LogP contribution is -2.16. The molecule has 0 bridgehead atoms. The zero-order valence-corrected chi connectivity index (χ0v) is 12.8. The van der Waals surface area contributed by atoms with Crippen LogP contribution in [0.3, 0.4) is 0 Å². The maximum Gasteiger partial charge on any atom is 0.185 e. The average molecular weight is 322 g/mol. The molecule has 1 unspecified atom stereocenters. The van der Waals surface area contributed by atoms with Crippen molar-refractivity contribution in [1.82, 2.24) is 4.98 Å². The summed E-state index contributed by atoms with van der Waals surface area (Å²) in [6, 6.07) is 7.80. The van der Waals surface area contributed by atoms with Crippen molar-refractivity contribution in [3.05, 3.63) is 33.8 Å². The molecule has 0 radical (unpaired) electrons. The highest BCUT2D eigenvalue weighted by Gasteiger charge is 2.16. The molecule has 1 atom stereocenters. The number of hydrogen-bond donors (Lipinski definition) is 1. The van der Waals surface area contributed by atoms with E-state index >= 15 is 0 Å². The highest BCUT2D eigenvalue weighted by atomic mass is 35.5. The minimum absolute atomic E-state index is 0.00888. The van der Waals surface area contributed by atoms with Gasteiger partial charge in [-0.25, -0.2) is 4.98 Å². The molecule has 0 aliphatic carbocycles. The molecular formula is C14H12ClN3O2S. The number of fused-ring (bicyclic) bond motifs is 1. The van der Waals surface area contributed by atoms with Gasteiger partial charge in [-0.15, -0.1) is 0 Å². The zero-order chi connectivity index (χ0) is 14.8. The molecular weight excluding hydrogens is 310 g/mol. The summed E-state index contributed by atoms with van der Waals surface area (Å²) < 4.78 is 11.5. The van der Waals surface area contributed by atoms with Gasteiger partial charge in [-0.2, -0.15) is 5.26 Å². The predicted molar refractivity (Wildman–Crippen MR) is 81.3 cm³/mol. The summed E-state index contributed by atoms with van der Waals surface area (Å²) in [5, 5.41) is 12.7. The molecule has 0 fully saturated rings. The molecule has 0 amide bonds. The van der Waals surface area contributed by atoms with Gasteiger partial charge in [0.1, 0.15) is 23.6 Å². The third-order valence-electron chi connectivity index (χ3n) is 3.10. The minimum atomic E-state index is 0.00888. The van der Waals surface area contributed by atoms with Gasteiger partial charge in [0, 0.05) is 0 Å². The van der Waals surface area contributed by atoms with Gasteiger partial charge in [-0.3, -0.25) is 0 Å². The van der Waals surface area contributed by atoms with E-state index < -0.39 is 0 Å². The van der Waals surface area contributed by atoms with Crippen LogP contribution < -0.4 is 14.8 Å². The summed E-state index contributed by atoms with van der Waals surface area (Å²) in [6.07, 6.45) is 0. The standard InChI is InChI=1S/C14H12ClN3O2S/c1-8(17-14-18-10(7-16)13(15)21-14)9-2-3-11-12(6-9)20-5-4-19-11/h2-3,6,8H,4-5H2,1H3,(H,17,18). The maximum absolute atomic E-state index is 8.87. The van der Waals surface area contributed by atoms with Crippen LogP contribution in [0.25, 0.3) is 0 Å². The second kappa shape index (κ2) is 5.80. The first-order valence-corrected chi connectivity index (χ1v) is 7.59. The van der Waals surface area contributed by atoms with E-state index in [-0.39, 0.29) is 11.7 Å². The topological polar surface area (TPSA) is 67.2 Å². The Hall–Kier alpha value is -1.97. The van der Waals surface area contributed by atoms with Crippen LogP contribution in [-0.4, -0.2) is 18.2 Å². The number of anilines is 1. The normalized spacial score (nSPS) is 14.3. The molecule has 1 aromatic heterocycles. The third kappa shape index (κ3) is 2.89. The maximum atomic E-state index is 8.87. The Kier molecular flexibility index (Phi) is 3.86. The molecule has 2 aromatic rings. The molecule has 2 heterocycles. The van der Waals surface area contributed by atoms with Gasteiger partial charge < -0.3 is 14.8 Å². The zero-order valence-electron chi connectivity index (χ0n) is 11.2. The number of thiazole rings is 1. The summed E-state index contributed by atoms with van der Waals surface area (Å²) in [7, 11) is 0. The van der Waals surface area contributed by atoms with Crippen molar-refractivity contribution >= 4 is 28.1 Å². The van der Waals surface area contributed by atoms with Gasteiger partial charge in [0.2, 0.25) is 0 Å². The molecule has 0 spiro atoms. The molecule has 1 aromatic carbocycles. The molecule has 1 aliphatic rings. The smallest absolute Gasteiger partial charge is 0.185 e. The van der Waals surface area contributed by atoms with Crippen molar-refractivity contribution < 1.29 is 9.47 Å². The molecule has 7 heteroatoms. The first kappa shape index (κ1) is 14.0. The lowest BCUT2D eigenvalue weighted by atomic mass is 10.1. The lowest BCUT2D eigenvalue weighted by Gasteiger charge is -2.20. The van der Waals surface area contributed by atoms with E-state index in [1.54, 1.807) is 0 Å². The Morgan fingerprint density at radius 2 is 2.14 bits per heavy atom. The first-order valence-electron chi connectivity index (χ1n) is 6.40. The van der Waals surface area contributed by atoms with Gasteiger partial charge in [0.25, 0.3) is 0 Å². The molecule has 5 nitrogen and oxygen atoms in total. The van der Waals surface area contributed by atoms with Crippen molar-refractivity contribution in [1.29, 1.82) is 5.26 Å². The highest BCUT2D eigenvalue weighted by Crippen LogP contribution is 2.34. The largest absolute Gasteiger partial charge is 0.486 e. The van der Waals surface area contributed by atoms with E-state index in [0.29, 0.717) is 22.7 Å². The summed E-state index contributed by atoms with van der Waals surface area (Å²) in [5.74, 6) is 1.52. The summed E-state index contributed by atoms with van der Waals surface area (Å²) >= 11 is 7.18. The van der Waals surface area contributed by atoms with Crippen molar-refractivity contribution in [2.75, 3.05) is 18.5 Å². The number of hydrogen-bond acceptors (Lipinski definition) is 6. The van der Waals surface area contributed by atoms with Gasteiger partial charge >= 0.3 is 0 Å². The van der Waals surface area contributed by atoms with Crippen LogP contribution in [0.5, 0.6) is 11.5 Å². The summed E-state index contributed by atoms with van der Waals surface area (Å²) in [5.41, 5.74) is 1.29. The van der Waals surface area contributed by atoms with E-state index in [1.807, 2.05) is 31.2 Å². The first-order chi connectivity index (χ1) is 10.2. The summed E-state index contributed by atoms with van der Waals surface area (Å²) in [4.78, 5) is 4.14. The summed E-state index contributed by atoms with van der Waals surface area (Å²) in [6.45, 7) is 3.15. The SMILES string of the molecule is CC(Nc1nc(C#N)c(Cl)s1)c1ccc2c(c1)OCCO2. The Morgan fingerprint density at radius 3 is 2.86 bits per heavy atom. The minimum Gasteiger partial charge on any atom is -0.486 e. The molecule has 3 rings (SSSR count). The fourth-order valence-corrected chi connectivity index (χ4v) is 3.06. The number of nitriles is 1. The highest BCUT2D eigenvalue weighted by molar-refractivity contribution is 7.19. The fourth-order valence-electron chi connectivity index (χ4n) is 2.03. The van der Waals surface area contributed by atoms with Crippen molar-refractivity contribution in [2.24, 2.45) is 0 Å². The van der Waals surface area contributed by atoms with Crippen LogP contribution in [0, 0.1) is 11.3 Å². The molecule has 1 N–H and O–H groups in total. The number of ether oxygens (including phenoxy) is 2. The quantitative estimate of drug-likeness (QED) is 0.935. The number of rotatable bonds is 3. The van der Waals surface area contributed by atoms with E-state index in [1.165, 1.54) is 11.3 Å². The third-order valence-corrected chi connectivity index (χ3v) is 4.28. The van der Waals surface area contributed by atoms with Crippen LogP contribution in [0.4, 0.5) is 5.13 Å². The van der Waals surface area contributed by atoms with Gasteiger partial charge in [-0.05, 0) is 24.6 Å². The number of benzene rings is 1.